The molecule has 0 aromatic heterocycles. The molecule has 1 amide bonds. The Labute approximate surface area is 135 Å². The maximum absolute atomic E-state index is 12.1. The number of benzene rings is 2. The number of esters is 1. The van der Waals surface area contributed by atoms with Crippen molar-refractivity contribution in [3.8, 4) is 0 Å². The Morgan fingerprint density at radius 3 is 2.29 bits per heavy atom. The third kappa shape index (κ3) is 3.83. The number of carbonyl (C=O) groups is 2. The first kappa shape index (κ1) is 15.5. The van der Waals surface area contributed by atoms with Crippen LogP contribution in [0.15, 0.2) is 46.9 Å². The molecule has 0 spiro atoms. The molecule has 0 bridgehead atoms. The molecule has 0 aliphatic rings. The Balaban J connectivity index is 2.12. The molecule has 2 rings (SSSR count). The normalized spacial score (nSPS) is 10.0. The van der Waals surface area contributed by atoms with Gasteiger partial charge in [-0.1, -0.05) is 11.6 Å². The Hall–Kier alpha value is -1.85. The number of ether oxygens (including phenoxy) is 1. The largest absolute Gasteiger partial charge is 0.465 e. The van der Waals surface area contributed by atoms with Gasteiger partial charge in [0.15, 0.2) is 0 Å². The van der Waals surface area contributed by atoms with Crippen LogP contribution in [0.5, 0.6) is 0 Å². The van der Waals surface area contributed by atoms with Gasteiger partial charge in [-0.05, 0) is 58.4 Å². The van der Waals surface area contributed by atoms with Gasteiger partial charge < -0.3 is 10.1 Å². The number of amides is 1. The van der Waals surface area contributed by atoms with Crippen molar-refractivity contribution < 1.29 is 14.3 Å². The van der Waals surface area contributed by atoms with E-state index in [9.17, 15) is 9.59 Å². The summed E-state index contributed by atoms with van der Waals surface area (Å²) >= 11 is 9.15. The summed E-state index contributed by atoms with van der Waals surface area (Å²) in [5.41, 5.74) is 1.48. The fourth-order valence-electron chi connectivity index (χ4n) is 1.65. The first-order valence-corrected chi connectivity index (χ1v) is 7.13. The molecule has 0 aliphatic carbocycles. The molecular weight excluding hydrogens is 358 g/mol. The highest BCUT2D eigenvalue weighted by Crippen LogP contribution is 2.23. The number of carbonyl (C=O) groups excluding carboxylic acids is 2. The van der Waals surface area contributed by atoms with Crippen LogP contribution in [-0.4, -0.2) is 19.0 Å². The lowest BCUT2D eigenvalue weighted by atomic mass is 10.2. The molecule has 0 saturated heterocycles. The molecular formula is C15H11BrClNO3. The zero-order valence-corrected chi connectivity index (χ0v) is 13.4. The minimum atomic E-state index is -0.422. The van der Waals surface area contributed by atoms with Crippen LogP contribution in [0.1, 0.15) is 20.7 Å². The molecule has 0 atom stereocenters. The van der Waals surface area contributed by atoms with Gasteiger partial charge in [0.25, 0.3) is 5.91 Å². The molecule has 1 N–H and O–H groups in total. The summed E-state index contributed by atoms with van der Waals surface area (Å²) in [4.78, 5) is 23.4. The minimum Gasteiger partial charge on any atom is -0.465 e. The number of hydrogen-bond donors (Lipinski definition) is 1. The van der Waals surface area contributed by atoms with Crippen LogP contribution in [0.25, 0.3) is 0 Å². The Kier molecular flexibility index (Phi) is 4.98. The summed E-state index contributed by atoms with van der Waals surface area (Å²) in [6.45, 7) is 0. The average molecular weight is 369 g/mol. The number of methoxy groups -OCH3 is 1. The first-order valence-electron chi connectivity index (χ1n) is 5.96. The molecule has 2 aromatic carbocycles. The molecule has 108 valence electrons. The summed E-state index contributed by atoms with van der Waals surface area (Å²) < 4.78 is 5.26. The van der Waals surface area contributed by atoms with Gasteiger partial charge in [-0.2, -0.15) is 0 Å². The average Bonchev–Trinajstić information content (AvgIpc) is 2.50. The van der Waals surface area contributed by atoms with E-state index in [1.54, 1.807) is 42.5 Å². The van der Waals surface area contributed by atoms with E-state index in [4.69, 9.17) is 11.6 Å². The van der Waals surface area contributed by atoms with Gasteiger partial charge in [-0.25, -0.2) is 4.79 Å². The van der Waals surface area contributed by atoms with Crippen LogP contribution >= 0.6 is 27.5 Å². The summed E-state index contributed by atoms with van der Waals surface area (Å²) in [7, 11) is 1.32. The zero-order chi connectivity index (χ0) is 15.4. The van der Waals surface area contributed by atoms with Crippen molar-refractivity contribution in [2.75, 3.05) is 12.4 Å². The summed E-state index contributed by atoms with van der Waals surface area (Å²) in [5, 5.41) is 3.27. The van der Waals surface area contributed by atoms with Crippen molar-refractivity contribution in [3.63, 3.8) is 0 Å². The predicted molar refractivity (Wildman–Crippen MR) is 84.9 cm³/mol. The first-order chi connectivity index (χ1) is 10.0. The molecule has 4 nitrogen and oxygen atoms in total. The standard InChI is InChI=1S/C15H11BrClNO3/c1-21-15(20)9-2-5-11(6-3-9)18-14(19)10-4-7-13(17)12(16)8-10/h2-8H,1H3,(H,18,19). The highest BCUT2D eigenvalue weighted by atomic mass is 79.9. The van der Waals surface area contributed by atoms with Crippen LogP contribution < -0.4 is 5.32 Å². The fraction of sp³-hybridized carbons (Fsp3) is 0.0667. The molecule has 0 fully saturated rings. The van der Waals surface area contributed by atoms with E-state index in [1.165, 1.54) is 7.11 Å². The zero-order valence-electron chi connectivity index (χ0n) is 11.0. The minimum absolute atomic E-state index is 0.266. The second-order valence-electron chi connectivity index (χ2n) is 4.15. The summed E-state index contributed by atoms with van der Waals surface area (Å²) in [5.74, 6) is -0.687. The lowest BCUT2D eigenvalue weighted by Crippen LogP contribution is -2.12. The van der Waals surface area contributed by atoms with E-state index in [0.717, 1.165) is 0 Å². The lowest BCUT2D eigenvalue weighted by molar-refractivity contribution is 0.0600. The van der Waals surface area contributed by atoms with E-state index < -0.39 is 5.97 Å². The highest BCUT2D eigenvalue weighted by molar-refractivity contribution is 9.10. The maximum atomic E-state index is 12.1. The van der Waals surface area contributed by atoms with Gasteiger partial charge in [0.1, 0.15) is 0 Å². The van der Waals surface area contributed by atoms with Crippen molar-refractivity contribution in [2.24, 2.45) is 0 Å². The molecule has 0 radical (unpaired) electrons. The van der Waals surface area contributed by atoms with Crippen molar-refractivity contribution >= 4 is 45.1 Å². The Bertz CT molecular complexity index is 686. The van der Waals surface area contributed by atoms with E-state index in [0.29, 0.717) is 26.3 Å². The van der Waals surface area contributed by atoms with Gasteiger partial charge in [0.2, 0.25) is 0 Å². The van der Waals surface area contributed by atoms with Crippen molar-refractivity contribution in [3.05, 3.63) is 63.1 Å². The number of anilines is 1. The Morgan fingerprint density at radius 1 is 1.10 bits per heavy atom. The van der Waals surface area contributed by atoms with E-state index in [-0.39, 0.29) is 5.91 Å². The maximum Gasteiger partial charge on any atom is 0.337 e. The topological polar surface area (TPSA) is 55.4 Å². The number of halogens is 2. The van der Waals surface area contributed by atoms with Gasteiger partial charge in [0, 0.05) is 15.7 Å². The number of rotatable bonds is 3. The second kappa shape index (κ2) is 6.74. The number of nitrogens with one attached hydrogen (secondary N) is 1. The number of hydrogen-bond acceptors (Lipinski definition) is 3. The Morgan fingerprint density at radius 2 is 1.71 bits per heavy atom. The van der Waals surface area contributed by atoms with Gasteiger partial charge >= 0.3 is 5.97 Å². The van der Waals surface area contributed by atoms with Crippen LogP contribution in [-0.2, 0) is 4.74 Å². The van der Waals surface area contributed by atoms with Gasteiger partial charge in [-0.3, -0.25) is 4.79 Å². The van der Waals surface area contributed by atoms with Crippen molar-refractivity contribution in [1.82, 2.24) is 0 Å². The van der Waals surface area contributed by atoms with E-state index >= 15 is 0 Å². The van der Waals surface area contributed by atoms with Crippen molar-refractivity contribution in [2.45, 2.75) is 0 Å². The predicted octanol–water partition coefficient (Wildman–Crippen LogP) is 4.14. The van der Waals surface area contributed by atoms with Crippen LogP contribution in [0.3, 0.4) is 0 Å². The molecule has 0 aliphatic heterocycles. The lowest BCUT2D eigenvalue weighted by Gasteiger charge is -2.07. The van der Waals surface area contributed by atoms with Crippen molar-refractivity contribution in [1.29, 1.82) is 0 Å². The van der Waals surface area contributed by atoms with Crippen LogP contribution in [0.2, 0.25) is 5.02 Å². The smallest absolute Gasteiger partial charge is 0.337 e. The van der Waals surface area contributed by atoms with Crippen LogP contribution in [0, 0.1) is 0 Å². The molecule has 6 heteroatoms. The van der Waals surface area contributed by atoms with Gasteiger partial charge in [-0.15, -0.1) is 0 Å². The third-order valence-electron chi connectivity index (χ3n) is 2.75. The third-order valence-corrected chi connectivity index (χ3v) is 3.96. The SMILES string of the molecule is COC(=O)c1ccc(NC(=O)c2ccc(Cl)c(Br)c2)cc1. The van der Waals surface area contributed by atoms with E-state index in [2.05, 4.69) is 26.0 Å². The van der Waals surface area contributed by atoms with Gasteiger partial charge in [0.05, 0.1) is 17.7 Å². The van der Waals surface area contributed by atoms with Crippen LogP contribution in [0.4, 0.5) is 5.69 Å². The monoisotopic (exact) mass is 367 g/mol. The molecule has 0 unspecified atom stereocenters. The molecule has 21 heavy (non-hydrogen) atoms. The summed E-state index contributed by atoms with van der Waals surface area (Å²) in [6.07, 6.45) is 0. The molecule has 0 heterocycles. The molecule has 0 saturated carbocycles. The fourth-order valence-corrected chi connectivity index (χ4v) is 2.14. The quantitative estimate of drug-likeness (QED) is 0.828. The summed E-state index contributed by atoms with van der Waals surface area (Å²) in [6, 6.07) is 11.3. The highest BCUT2D eigenvalue weighted by Gasteiger charge is 2.09. The second-order valence-corrected chi connectivity index (χ2v) is 5.41. The molecule has 2 aromatic rings. The van der Waals surface area contributed by atoms with E-state index in [1.807, 2.05) is 0 Å².